The Balaban J connectivity index is 1.43. The number of aromatic nitrogens is 5. The van der Waals surface area contributed by atoms with Crippen LogP contribution in [0.2, 0.25) is 0 Å². The number of anilines is 1. The molecule has 4 aromatic rings. The molecule has 0 spiro atoms. The van der Waals surface area contributed by atoms with Crippen molar-refractivity contribution in [1.82, 2.24) is 24.5 Å². The molecular formula is C19H17FN6. The third-order valence-electron chi connectivity index (χ3n) is 4.09. The summed E-state index contributed by atoms with van der Waals surface area (Å²) >= 11 is 0. The van der Waals surface area contributed by atoms with Crippen molar-refractivity contribution >= 4 is 5.82 Å². The molecule has 0 saturated carbocycles. The van der Waals surface area contributed by atoms with Crippen molar-refractivity contribution in [2.45, 2.75) is 13.1 Å². The Kier molecular flexibility index (Phi) is 4.42. The van der Waals surface area contributed by atoms with E-state index in [1.54, 1.807) is 34.0 Å². The van der Waals surface area contributed by atoms with E-state index in [2.05, 4.69) is 20.5 Å². The third-order valence-corrected chi connectivity index (χ3v) is 4.09. The first-order valence-corrected chi connectivity index (χ1v) is 8.22. The van der Waals surface area contributed by atoms with E-state index in [1.165, 1.54) is 12.4 Å². The van der Waals surface area contributed by atoms with E-state index in [1.807, 2.05) is 36.4 Å². The summed E-state index contributed by atoms with van der Waals surface area (Å²) in [5.41, 5.74) is 2.68. The van der Waals surface area contributed by atoms with E-state index in [0.717, 1.165) is 17.1 Å². The summed E-state index contributed by atoms with van der Waals surface area (Å²) in [4.78, 5) is 3.94. The lowest BCUT2D eigenvalue weighted by Crippen LogP contribution is -2.10. The zero-order chi connectivity index (χ0) is 17.8. The zero-order valence-corrected chi connectivity index (χ0v) is 14.0. The van der Waals surface area contributed by atoms with Crippen LogP contribution in [0.4, 0.5) is 10.2 Å². The van der Waals surface area contributed by atoms with Crippen molar-refractivity contribution in [3.8, 4) is 5.69 Å². The standard InChI is InChI=1S/C19H17FN6/c20-18-4-2-1-3-16(18)12-25-19(9-10-23-25)22-11-15-5-7-17(8-6-15)26-14-21-13-24-26/h1-10,13-14,22H,11-12H2. The molecular weight excluding hydrogens is 331 g/mol. The molecule has 0 aliphatic heterocycles. The van der Waals surface area contributed by atoms with Gasteiger partial charge in [-0.15, -0.1) is 0 Å². The third kappa shape index (κ3) is 3.46. The molecule has 0 fully saturated rings. The summed E-state index contributed by atoms with van der Waals surface area (Å²) in [7, 11) is 0. The van der Waals surface area contributed by atoms with Gasteiger partial charge in [-0.05, 0) is 23.8 Å². The lowest BCUT2D eigenvalue weighted by Gasteiger charge is -2.11. The number of rotatable bonds is 6. The van der Waals surface area contributed by atoms with Crippen LogP contribution in [0, 0.1) is 5.82 Å². The van der Waals surface area contributed by atoms with Gasteiger partial charge in [0.1, 0.15) is 24.3 Å². The second-order valence-corrected chi connectivity index (χ2v) is 5.83. The largest absolute Gasteiger partial charge is 0.366 e. The normalized spacial score (nSPS) is 10.8. The van der Waals surface area contributed by atoms with Gasteiger partial charge in [0, 0.05) is 18.2 Å². The van der Waals surface area contributed by atoms with E-state index in [0.29, 0.717) is 18.7 Å². The molecule has 2 aromatic carbocycles. The quantitative estimate of drug-likeness (QED) is 0.581. The minimum absolute atomic E-state index is 0.224. The molecule has 6 nitrogen and oxygen atoms in total. The molecule has 26 heavy (non-hydrogen) atoms. The van der Waals surface area contributed by atoms with Crippen LogP contribution < -0.4 is 5.32 Å². The van der Waals surface area contributed by atoms with Gasteiger partial charge >= 0.3 is 0 Å². The molecule has 0 saturated heterocycles. The topological polar surface area (TPSA) is 60.6 Å². The van der Waals surface area contributed by atoms with Gasteiger partial charge in [0.15, 0.2) is 0 Å². The predicted molar refractivity (Wildman–Crippen MR) is 96.4 cm³/mol. The highest BCUT2D eigenvalue weighted by molar-refractivity contribution is 5.38. The van der Waals surface area contributed by atoms with E-state index in [-0.39, 0.29) is 5.82 Å². The molecule has 7 heteroatoms. The zero-order valence-electron chi connectivity index (χ0n) is 14.0. The fourth-order valence-corrected chi connectivity index (χ4v) is 2.70. The maximum atomic E-state index is 13.8. The summed E-state index contributed by atoms with van der Waals surface area (Å²) in [5.74, 6) is 0.617. The molecule has 0 bridgehead atoms. The molecule has 4 rings (SSSR count). The van der Waals surface area contributed by atoms with Gasteiger partial charge in [-0.3, -0.25) is 0 Å². The number of nitrogens with zero attached hydrogens (tertiary/aromatic N) is 5. The Hall–Kier alpha value is -3.48. The fourth-order valence-electron chi connectivity index (χ4n) is 2.70. The van der Waals surface area contributed by atoms with Crippen molar-refractivity contribution in [2.75, 3.05) is 5.32 Å². The second-order valence-electron chi connectivity index (χ2n) is 5.83. The van der Waals surface area contributed by atoms with E-state index in [9.17, 15) is 4.39 Å². The number of benzene rings is 2. The number of halogens is 1. The lowest BCUT2D eigenvalue weighted by atomic mass is 10.2. The first kappa shape index (κ1) is 16.0. The molecule has 0 atom stereocenters. The Morgan fingerprint density at radius 2 is 1.81 bits per heavy atom. The fraction of sp³-hybridized carbons (Fsp3) is 0.105. The first-order valence-electron chi connectivity index (χ1n) is 8.22. The minimum Gasteiger partial charge on any atom is -0.366 e. The van der Waals surface area contributed by atoms with Crippen LogP contribution >= 0.6 is 0 Å². The maximum Gasteiger partial charge on any atom is 0.138 e. The Morgan fingerprint density at radius 3 is 2.58 bits per heavy atom. The van der Waals surface area contributed by atoms with Gasteiger partial charge in [-0.1, -0.05) is 30.3 Å². The van der Waals surface area contributed by atoms with Crippen LogP contribution in [0.25, 0.3) is 5.69 Å². The molecule has 0 unspecified atom stereocenters. The monoisotopic (exact) mass is 348 g/mol. The summed E-state index contributed by atoms with van der Waals surface area (Å²) in [5, 5.41) is 11.7. The van der Waals surface area contributed by atoms with Gasteiger partial charge in [-0.25, -0.2) is 18.7 Å². The molecule has 2 heterocycles. The van der Waals surface area contributed by atoms with Gasteiger partial charge in [0.05, 0.1) is 18.4 Å². The Bertz CT molecular complexity index is 975. The highest BCUT2D eigenvalue weighted by Crippen LogP contribution is 2.15. The number of nitrogens with one attached hydrogen (secondary N) is 1. The summed E-state index contributed by atoms with van der Waals surface area (Å²) in [6.07, 6.45) is 4.87. The van der Waals surface area contributed by atoms with Crippen molar-refractivity contribution < 1.29 is 4.39 Å². The van der Waals surface area contributed by atoms with Crippen molar-refractivity contribution in [3.05, 3.63) is 90.4 Å². The predicted octanol–water partition coefficient (Wildman–Crippen LogP) is 3.26. The number of hydrogen-bond donors (Lipinski definition) is 1. The SMILES string of the molecule is Fc1ccccc1Cn1nccc1NCc1ccc(-n2cncn2)cc1. The molecule has 0 aliphatic carbocycles. The lowest BCUT2D eigenvalue weighted by molar-refractivity contribution is 0.586. The van der Waals surface area contributed by atoms with E-state index >= 15 is 0 Å². The van der Waals surface area contributed by atoms with Gasteiger partial charge in [0.25, 0.3) is 0 Å². The minimum atomic E-state index is -0.224. The average molecular weight is 348 g/mol. The second kappa shape index (κ2) is 7.18. The van der Waals surface area contributed by atoms with Crippen LogP contribution in [0.15, 0.2) is 73.4 Å². The van der Waals surface area contributed by atoms with Crippen LogP contribution in [0.3, 0.4) is 0 Å². The first-order chi connectivity index (χ1) is 12.8. The van der Waals surface area contributed by atoms with Crippen LogP contribution in [0.1, 0.15) is 11.1 Å². The molecule has 0 amide bonds. The smallest absolute Gasteiger partial charge is 0.138 e. The highest BCUT2D eigenvalue weighted by atomic mass is 19.1. The molecule has 130 valence electrons. The summed E-state index contributed by atoms with van der Waals surface area (Å²) in [6, 6.07) is 16.7. The maximum absolute atomic E-state index is 13.8. The van der Waals surface area contributed by atoms with Gasteiger partial charge in [-0.2, -0.15) is 10.2 Å². The van der Waals surface area contributed by atoms with Crippen LogP contribution in [0.5, 0.6) is 0 Å². The Morgan fingerprint density at radius 1 is 0.962 bits per heavy atom. The van der Waals surface area contributed by atoms with Crippen LogP contribution in [-0.2, 0) is 13.1 Å². The van der Waals surface area contributed by atoms with Crippen molar-refractivity contribution in [2.24, 2.45) is 0 Å². The van der Waals surface area contributed by atoms with Crippen molar-refractivity contribution in [1.29, 1.82) is 0 Å². The van der Waals surface area contributed by atoms with E-state index < -0.39 is 0 Å². The molecule has 1 N–H and O–H groups in total. The highest BCUT2D eigenvalue weighted by Gasteiger charge is 2.07. The van der Waals surface area contributed by atoms with Crippen LogP contribution in [-0.4, -0.2) is 24.5 Å². The van der Waals surface area contributed by atoms with E-state index in [4.69, 9.17) is 0 Å². The molecule has 0 aliphatic rings. The average Bonchev–Trinajstić information content (AvgIpc) is 3.34. The van der Waals surface area contributed by atoms with Gasteiger partial charge in [0.2, 0.25) is 0 Å². The van der Waals surface area contributed by atoms with Gasteiger partial charge < -0.3 is 5.32 Å². The summed E-state index contributed by atoms with van der Waals surface area (Å²) in [6.45, 7) is 1.02. The Labute approximate surface area is 149 Å². The molecule has 2 aromatic heterocycles. The molecule has 0 radical (unpaired) electrons. The summed E-state index contributed by atoms with van der Waals surface area (Å²) < 4.78 is 17.3. The van der Waals surface area contributed by atoms with Crippen molar-refractivity contribution in [3.63, 3.8) is 0 Å². The number of hydrogen-bond acceptors (Lipinski definition) is 4.